The molecule has 2 amide bonds. The highest BCUT2D eigenvalue weighted by molar-refractivity contribution is 5.73. The predicted octanol–water partition coefficient (Wildman–Crippen LogP) is 3.58. The van der Waals surface area contributed by atoms with Gasteiger partial charge in [-0.1, -0.05) is 30.3 Å². The highest BCUT2D eigenvalue weighted by Crippen LogP contribution is 2.28. The van der Waals surface area contributed by atoms with Gasteiger partial charge in [0.2, 0.25) is 0 Å². The standard InChI is InChI=1S/C17H17F3N2O2/c18-17(19,20)14-8-6-13(7-9-14)12-22-16(23)21-10-11-24-15-4-2-1-3-5-15/h1-9H,10-12H2,(H2,21,22,23). The van der Waals surface area contributed by atoms with Crippen LogP contribution in [0.4, 0.5) is 18.0 Å². The third-order valence-corrected chi connectivity index (χ3v) is 3.13. The zero-order valence-electron chi connectivity index (χ0n) is 12.8. The number of halogens is 3. The molecule has 0 unspecified atom stereocenters. The van der Waals surface area contributed by atoms with Gasteiger partial charge in [0.1, 0.15) is 12.4 Å². The van der Waals surface area contributed by atoms with Crippen molar-refractivity contribution >= 4 is 6.03 Å². The minimum absolute atomic E-state index is 0.142. The summed E-state index contributed by atoms with van der Waals surface area (Å²) >= 11 is 0. The number of alkyl halides is 3. The minimum atomic E-state index is -4.36. The molecule has 0 bridgehead atoms. The lowest BCUT2D eigenvalue weighted by Crippen LogP contribution is -2.37. The first-order valence-corrected chi connectivity index (χ1v) is 7.31. The molecule has 0 aliphatic carbocycles. The van der Waals surface area contributed by atoms with Crippen molar-refractivity contribution in [3.05, 3.63) is 65.7 Å². The second kappa shape index (κ2) is 8.24. The number of carbonyl (C=O) groups is 1. The van der Waals surface area contributed by atoms with E-state index in [0.29, 0.717) is 24.5 Å². The summed E-state index contributed by atoms with van der Waals surface area (Å²) < 4.78 is 42.7. The number of carbonyl (C=O) groups excluding carboxylic acids is 1. The van der Waals surface area contributed by atoms with Gasteiger partial charge in [0.05, 0.1) is 12.1 Å². The number of ether oxygens (including phenoxy) is 1. The van der Waals surface area contributed by atoms with Gasteiger partial charge in [-0.15, -0.1) is 0 Å². The van der Waals surface area contributed by atoms with Crippen LogP contribution in [-0.4, -0.2) is 19.2 Å². The van der Waals surface area contributed by atoms with E-state index in [0.717, 1.165) is 12.1 Å². The van der Waals surface area contributed by atoms with Gasteiger partial charge in [-0.25, -0.2) is 4.79 Å². The SMILES string of the molecule is O=C(NCCOc1ccccc1)NCc1ccc(C(F)(F)F)cc1. The van der Waals surface area contributed by atoms with Gasteiger partial charge in [-0.2, -0.15) is 13.2 Å². The summed E-state index contributed by atoms with van der Waals surface area (Å²) in [5, 5.41) is 5.17. The Kier molecular flexibility index (Phi) is 6.06. The fourth-order valence-corrected chi connectivity index (χ4v) is 1.91. The Morgan fingerprint density at radius 1 is 0.958 bits per heavy atom. The molecule has 4 nitrogen and oxygen atoms in total. The highest BCUT2D eigenvalue weighted by Gasteiger charge is 2.29. The molecule has 0 spiro atoms. The lowest BCUT2D eigenvalue weighted by atomic mass is 10.1. The van der Waals surface area contributed by atoms with Crippen LogP contribution in [0.5, 0.6) is 5.75 Å². The topological polar surface area (TPSA) is 50.4 Å². The van der Waals surface area contributed by atoms with Crippen LogP contribution in [0.2, 0.25) is 0 Å². The quantitative estimate of drug-likeness (QED) is 0.791. The normalized spacial score (nSPS) is 11.0. The average molecular weight is 338 g/mol. The second-order valence-electron chi connectivity index (χ2n) is 4.97. The Bertz CT molecular complexity index is 643. The maximum absolute atomic E-state index is 12.4. The van der Waals surface area contributed by atoms with Crippen molar-refractivity contribution in [2.75, 3.05) is 13.2 Å². The summed E-state index contributed by atoms with van der Waals surface area (Å²) in [6, 6.07) is 13.4. The summed E-state index contributed by atoms with van der Waals surface area (Å²) in [5.74, 6) is 0.712. The molecule has 0 saturated carbocycles. The first-order chi connectivity index (χ1) is 11.4. The summed E-state index contributed by atoms with van der Waals surface area (Å²) in [6.45, 7) is 0.773. The summed E-state index contributed by atoms with van der Waals surface area (Å²) in [7, 11) is 0. The number of benzene rings is 2. The molecule has 0 aliphatic rings. The van der Waals surface area contributed by atoms with Crippen LogP contribution in [0.25, 0.3) is 0 Å². The van der Waals surface area contributed by atoms with Crippen LogP contribution >= 0.6 is 0 Å². The Balaban J connectivity index is 1.66. The monoisotopic (exact) mass is 338 g/mol. The summed E-state index contributed by atoms with van der Waals surface area (Å²) in [4.78, 5) is 11.6. The number of hydrogen-bond donors (Lipinski definition) is 2. The zero-order chi connectivity index (χ0) is 17.4. The fourth-order valence-electron chi connectivity index (χ4n) is 1.91. The van der Waals surface area contributed by atoms with E-state index in [4.69, 9.17) is 4.74 Å². The number of rotatable bonds is 6. The van der Waals surface area contributed by atoms with Crippen LogP contribution in [0, 0.1) is 0 Å². The minimum Gasteiger partial charge on any atom is -0.492 e. The van der Waals surface area contributed by atoms with Crippen LogP contribution in [0.1, 0.15) is 11.1 Å². The highest BCUT2D eigenvalue weighted by atomic mass is 19.4. The molecule has 2 rings (SSSR count). The number of para-hydroxylation sites is 1. The van der Waals surface area contributed by atoms with Crippen molar-refractivity contribution in [3.8, 4) is 5.75 Å². The molecule has 0 heterocycles. The second-order valence-corrected chi connectivity index (χ2v) is 4.97. The average Bonchev–Trinajstić information content (AvgIpc) is 2.57. The van der Waals surface area contributed by atoms with Crippen molar-refractivity contribution < 1.29 is 22.7 Å². The smallest absolute Gasteiger partial charge is 0.416 e. The van der Waals surface area contributed by atoms with Crippen molar-refractivity contribution in [2.24, 2.45) is 0 Å². The Labute approximate surface area is 137 Å². The van der Waals surface area contributed by atoms with Gasteiger partial charge < -0.3 is 15.4 Å². The Morgan fingerprint density at radius 3 is 2.25 bits per heavy atom. The molecule has 2 aromatic rings. The van der Waals surface area contributed by atoms with Gasteiger partial charge in [-0.3, -0.25) is 0 Å². The molecule has 0 radical (unpaired) electrons. The van der Waals surface area contributed by atoms with Crippen LogP contribution in [0.15, 0.2) is 54.6 Å². The molecule has 0 aliphatic heterocycles. The van der Waals surface area contributed by atoms with E-state index in [1.54, 1.807) is 0 Å². The third-order valence-electron chi connectivity index (χ3n) is 3.13. The number of urea groups is 1. The largest absolute Gasteiger partial charge is 0.492 e. The predicted molar refractivity (Wildman–Crippen MR) is 83.6 cm³/mol. The Hall–Kier alpha value is -2.70. The first-order valence-electron chi connectivity index (χ1n) is 7.31. The van der Waals surface area contributed by atoms with Crippen LogP contribution < -0.4 is 15.4 Å². The van der Waals surface area contributed by atoms with E-state index in [2.05, 4.69) is 10.6 Å². The molecule has 128 valence electrons. The van der Waals surface area contributed by atoms with E-state index in [9.17, 15) is 18.0 Å². The fraction of sp³-hybridized carbons (Fsp3) is 0.235. The lowest BCUT2D eigenvalue weighted by Gasteiger charge is -2.10. The van der Waals surface area contributed by atoms with Crippen LogP contribution in [-0.2, 0) is 12.7 Å². The molecule has 7 heteroatoms. The van der Waals surface area contributed by atoms with Crippen molar-refractivity contribution in [2.45, 2.75) is 12.7 Å². The lowest BCUT2D eigenvalue weighted by molar-refractivity contribution is -0.137. The maximum Gasteiger partial charge on any atom is 0.416 e. The number of nitrogens with one attached hydrogen (secondary N) is 2. The molecule has 2 N–H and O–H groups in total. The van der Waals surface area contributed by atoms with Gasteiger partial charge in [-0.05, 0) is 29.8 Å². The van der Waals surface area contributed by atoms with E-state index < -0.39 is 17.8 Å². The molecule has 0 saturated heterocycles. The molecule has 0 fully saturated rings. The van der Waals surface area contributed by atoms with Crippen molar-refractivity contribution in [1.29, 1.82) is 0 Å². The van der Waals surface area contributed by atoms with Crippen molar-refractivity contribution in [3.63, 3.8) is 0 Å². The Morgan fingerprint density at radius 2 is 1.62 bits per heavy atom. The molecule has 2 aromatic carbocycles. The molecule has 24 heavy (non-hydrogen) atoms. The maximum atomic E-state index is 12.4. The van der Waals surface area contributed by atoms with Gasteiger partial charge in [0.15, 0.2) is 0 Å². The first kappa shape index (κ1) is 17.7. The van der Waals surface area contributed by atoms with Gasteiger partial charge in [0.25, 0.3) is 0 Å². The van der Waals surface area contributed by atoms with Gasteiger partial charge in [0, 0.05) is 6.54 Å². The van der Waals surface area contributed by atoms with Crippen LogP contribution in [0.3, 0.4) is 0 Å². The molecular weight excluding hydrogens is 321 g/mol. The molecule has 0 atom stereocenters. The number of amides is 2. The van der Waals surface area contributed by atoms with E-state index in [1.807, 2.05) is 30.3 Å². The van der Waals surface area contributed by atoms with Crippen molar-refractivity contribution in [1.82, 2.24) is 10.6 Å². The molecule has 0 aromatic heterocycles. The van der Waals surface area contributed by atoms with E-state index >= 15 is 0 Å². The number of hydrogen-bond acceptors (Lipinski definition) is 2. The summed E-state index contributed by atoms with van der Waals surface area (Å²) in [5.41, 5.74) is -0.132. The zero-order valence-corrected chi connectivity index (χ0v) is 12.8. The van der Waals surface area contributed by atoms with Gasteiger partial charge >= 0.3 is 12.2 Å². The van der Waals surface area contributed by atoms with E-state index in [1.165, 1.54) is 12.1 Å². The van der Waals surface area contributed by atoms with E-state index in [-0.39, 0.29) is 6.54 Å². The summed E-state index contributed by atoms with van der Waals surface area (Å²) in [6.07, 6.45) is -4.36. The third kappa shape index (κ3) is 5.83. The molecular formula is C17H17F3N2O2.